The van der Waals surface area contributed by atoms with Gasteiger partial charge >= 0.3 is 0 Å². The maximum atomic E-state index is 11.2. The predicted molar refractivity (Wildman–Crippen MR) is 83.2 cm³/mol. The molecule has 3 nitrogen and oxygen atoms in total. The number of primary amides is 1. The van der Waals surface area contributed by atoms with E-state index in [2.05, 4.69) is 37.4 Å². The average Bonchev–Trinajstić information content (AvgIpc) is 2.36. The van der Waals surface area contributed by atoms with Crippen LogP contribution in [-0.4, -0.2) is 5.91 Å². The van der Waals surface area contributed by atoms with Crippen LogP contribution in [0.25, 0.3) is 0 Å². The first-order valence-corrected chi connectivity index (χ1v) is 6.74. The Labute approximate surface area is 123 Å². The molecule has 0 aliphatic rings. The van der Waals surface area contributed by atoms with Gasteiger partial charge < -0.3 is 11.1 Å². The fraction of sp³-hybridized carbons (Fsp3) is 0.188. The van der Waals surface area contributed by atoms with Gasteiger partial charge in [0.05, 0.1) is 10.7 Å². The van der Waals surface area contributed by atoms with Gasteiger partial charge in [0.2, 0.25) is 5.91 Å². The van der Waals surface area contributed by atoms with Crippen LogP contribution in [0.5, 0.6) is 0 Å². The third-order valence-corrected chi connectivity index (χ3v) is 3.34. The average molecular weight is 289 g/mol. The second kappa shape index (κ2) is 5.97. The first-order chi connectivity index (χ1) is 9.45. The fourth-order valence-corrected chi connectivity index (χ4v) is 2.37. The van der Waals surface area contributed by atoms with Crippen molar-refractivity contribution in [1.29, 1.82) is 0 Å². The van der Waals surface area contributed by atoms with E-state index in [-0.39, 0.29) is 0 Å². The van der Waals surface area contributed by atoms with E-state index >= 15 is 0 Å². The van der Waals surface area contributed by atoms with Crippen molar-refractivity contribution in [2.24, 2.45) is 5.73 Å². The molecular formula is C16H17ClN2O. The van der Waals surface area contributed by atoms with E-state index in [0.717, 1.165) is 0 Å². The zero-order valence-corrected chi connectivity index (χ0v) is 12.3. The Morgan fingerprint density at radius 2 is 1.80 bits per heavy atom. The summed E-state index contributed by atoms with van der Waals surface area (Å²) in [6.45, 7) is 4.78. The molecule has 0 fully saturated rings. The Morgan fingerprint density at radius 1 is 1.15 bits per heavy atom. The zero-order valence-electron chi connectivity index (χ0n) is 11.5. The summed E-state index contributed by atoms with van der Waals surface area (Å²) >= 11 is 6.12. The molecule has 2 rings (SSSR count). The van der Waals surface area contributed by atoms with Gasteiger partial charge in [-0.15, -0.1) is 0 Å². The summed E-state index contributed by atoms with van der Waals surface area (Å²) in [5, 5.41) is 3.81. The molecule has 3 N–H and O–H groups in total. The number of anilines is 1. The van der Waals surface area contributed by atoms with Gasteiger partial charge in [-0.1, -0.05) is 40.9 Å². The van der Waals surface area contributed by atoms with Crippen molar-refractivity contribution in [3.63, 3.8) is 0 Å². The number of aryl methyl sites for hydroxylation is 2. The Bertz CT molecular complexity index is 633. The molecular weight excluding hydrogens is 272 g/mol. The lowest BCUT2D eigenvalue weighted by molar-refractivity contribution is 0.100. The van der Waals surface area contributed by atoms with Gasteiger partial charge in [-0.2, -0.15) is 0 Å². The second-order valence-electron chi connectivity index (χ2n) is 4.91. The number of nitrogens with two attached hydrogens (primary N) is 1. The maximum absolute atomic E-state index is 11.2. The molecule has 4 heteroatoms. The number of amides is 1. The molecule has 0 spiro atoms. The van der Waals surface area contributed by atoms with Crippen LogP contribution >= 0.6 is 11.6 Å². The number of rotatable bonds is 4. The summed E-state index contributed by atoms with van der Waals surface area (Å²) in [5.74, 6) is -0.462. The number of nitrogens with one attached hydrogen (secondary N) is 1. The van der Waals surface area contributed by atoms with Crippen LogP contribution in [0, 0.1) is 13.8 Å². The van der Waals surface area contributed by atoms with Gasteiger partial charge in [0.1, 0.15) is 0 Å². The van der Waals surface area contributed by atoms with Crippen molar-refractivity contribution in [2.45, 2.75) is 20.4 Å². The van der Waals surface area contributed by atoms with E-state index in [9.17, 15) is 4.79 Å². The van der Waals surface area contributed by atoms with Crippen LogP contribution in [0.3, 0.4) is 0 Å². The molecule has 0 unspecified atom stereocenters. The summed E-state index contributed by atoms with van der Waals surface area (Å²) in [6, 6.07) is 11.3. The second-order valence-corrected chi connectivity index (χ2v) is 5.32. The quantitative estimate of drug-likeness (QED) is 0.902. The standard InChI is InChI=1S/C16H17ClN2O/c1-10-5-11(2)7-12(6-10)9-19-15-8-13(16(18)20)3-4-14(15)17/h3-8,19H,9H2,1-2H3,(H2,18,20). The molecule has 0 radical (unpaired) electrons. The van der Waals surface area contributed by atoms with Crippen LogP contribution in [0.4, 0.5) is 5.69 Å². The largest absolute Gasteiger partial charge is 0.380 e. The van der Waals surface area contributed by atoms with Crippen molar-refractivity contribution in [3.8, 4) is 0 Å². The summed E-state index contributed by atoms with van der Waals surface area (Å²) < 4.78 is 0. The molecule has 2 aromatic rings. The van der Waals surface area contributed by atoms with E-state index in [0.29, 0.717) is 22.8 Å². The monoisotopic (exact) mass is 288 g/mol. The fourth-order valence-electron chi connectivity index (χ4n) is 2.18. The number of carbonyl (C=O) groups excluding carboxylic acids is 1. The highest BCUT2D eigenvalue weighted by Gasteiger charge is 2.06. The molecule has 0 bridgehead atoms. The SMILES string of the molecule is Cc1cc(C)cc(CNc2cc(C(N)=O)ccc2Cl)c1. The molecule has 1 amide bonds. The van der Waals surface area contributed by atoms with Crippen molar-refractivity contribution >= 4 is 23.2 Å². The number of hydrogen-bond donors (Lipinski definition) is 2. The Morgan fingerprint density at radius 3 is 2.40 bits per heavy atom. The molecule has 0 saturated carbocycles. The topological polar surface area (TPSA) is 55.1 Å². The van der Waals surface area contributed by atoms with Crippen molar-refractivity contribution < 1.29 is 4.79 Å². The number of hydrogen-bond acceptors (Lipinski definition) is 2. The number of benzene rings is 2. The van der Waals surface area contributed by atoms with E-state index in [1.54, 1.807) is 18.2 Å². The first-order valence-electron chi connectivity index (χ1n) is 6.36. The van der Waals surface area contributed by atoms with E-state index in [1.165, 1.54) is 16.7 Å². The molecule has 0 heterocycles. The van der Waals surface area contributed by atoms with Crippen molar-refractivity contribution in [1.82, 2.24) is 0 Å². The molecule has 0 aromatic heterocycles. The van der Waals surface area contributed by atoms with E-state index < -0.39 is 5.91 Å². The summed E-state index contributed by atoms with van der Waals surface area (Å²) in [7, 11) is 0. The molecule has 0 aliphatic carbocycles. The number of halogens is 1. The summed E-state index contributed by atoms with van der Waals surface area (Å²) in [5.41, 5.74) is 10.0. The highest BCUT2D eigenvalue weighted by atomic mass is 35.5. The third-order valence-electron chi connectivity index (χ3n) is 3.02. The first kappa shape index (κ1) is 14.4. The van der Waals surface area contributed by atoms with Crippen LogP contribution in [0.2, 0.25) is 5.02 Å². The maximum Gasteiger partial charge on any atom is 0.248 e. The molecule has 2 aromatic carbocycles. The molecule has 20 heavy (non-hydrogen) atoms. The lowest BCUT2D eigenvalue weighted by Crippen LogP contribution is -2.11. The molecule has 0 saturated heterocycles. The minimum absolute atomic E-state index is 0.442. The lowest BCUT2D eigenvalue weighted by atomic mass is 10.1. The van der Waals surface area contributed by atoms with Crippen LogP contribution in [-0.2, 0) is 6.54 Å². The number of carbonyl (C=O) groups is 1. The predicted octanol–water partition coefficient (Wildman–Crippen LogP) is 3.67. The lowest BCUT2D eigenvalue weighted by Gasteiger charge is -2.11. The van der Waals surface area contributed by atoms with Crippen LogP contribution < -0.4 is 11.1 Å². The minimum atomic E-state index is -0.462. The van der Waals surface area contributed by atoms with E-state index in [4.69, 9.17) is 17.3 Å². The van der Waals surface area contributed by atoms with Gasteiger partial charge in [-0.05, 0) is 37.6 Å². The van der Waals surface area contributed by atoms with Gasteiger partial charge in [-0.3, -0.25) is 4.79 Å². The highest BCUT2D eigenvalue weighted by molar-refractivity contribution is 6.33. The molecule has 0 atom stereocenters. The Hall–Kier alpha value is -2.00. The van der Waals surface area contributed by atoms with Gasteiger partial charge in [0, 0.05) is 12.1 Å². The van der Waals surface area contributed by atoms with Crippen molar-refractivity contribution in [2.75, 3.05) is 5.32 Å². The summed E-state index contributed by atoms with van der Waals surface area (Å²) in [4.78, 5) is 11.2. The van der Waals surface area contributed by atoms with Gasteiger partial charge in [0.25, 0.3) is 0 Å². The van der Waals surface area contributed by atoms with Gasteiger partial charge in [-0.25, -0.2) is 0 Å². The van der Waals surface area contributed by atoms with Crippen molar-refractivity contribution in [3.05, 3.63) is 63.7 Å². The normalized spacial score (nSPS) is 10.3. The minimum Gasteiger partial charge on any atom is -0.380 e. The smallest absolute Gasteiger partial charge is 0.248 e. The molecule has 0 aliphatic heterocycles. The highest BCUT2D eigenvalue weighted by Crippen LogP contribution is 2.23. The molecule has 104 valence electrons. The van der Waals surface area contributed by atoms with Crippen LogP contribution in [0.1, 0.15) is 27.0 Å². The third kappa shape index (κ3) is 3.52. The van der Waals surface area contributed by atoms with E-state index in [1.807, 2.05) is 0 Å². The Balaban J connectivity index is 2.18. The van der Waals surface area contributed by atoms with Gasteiger partial charge in [0.15, 0.2) is 0 Å². The Kier molecular flexibility index (Phi) is 4.30. The zero-order chi connectivity index (χ0) is 14.7. The van der Waals surface area contributed by atoms with Crippen LogP contribution in [0.15, 0.2) is 36.4 Å². The summed E-state index contributed by atoms with van der Waals surface area (Å²) in [6.07, 6.45) is 0.